The predicted octanol–water partition coefficient (Wildman–Crippen LogP) is 2.32. The second-order valence-corrected chi connectivity index (χ2v) is 9.77. The molecule has 0 saturated heterocycles. The maximum absolute atomic E-state index is 12.5. The number of hydrogen-bond acceptors (Lipinski definition) is 5. The summed E-state index contributed by atoms with van der Waals surface area (Å²) in [5, 5.41) is 2.78. The minimum atomic E-state index is -3.65. The van der Waals surface area contributed by atoms with Crippen molar-refractivity contribution < 1.29 is 18.0 Å². The SMILES string of the molecule is Cc1cccc(NC(=O)CN2C(=O)CSc3ccc(S(=O)(=O)N(C)C)cc32)c1. The molecule has 2 aromatic rings. The molecular weight excluding hydrogens is 398 g/mol. The van der Waals surface area contributed by atoms with Crippen LogP contribution in [0.5, 0.6) is 0 Å². The van der Waals surface area contributed by atoms with Crippen molar-refractivity contribution in [2.75, 3.05) is 36.6 Å². The average molecular weight is 420 g/mol. The Morgan fingerprint density at radius 3 is 2.64 bits per heavy atom. The Morgan fingerprint density at radius 1 is 1.21 bits per heavy atom. The van der Waals surface area contributed by atoms with Crippen LogP contribution in [-0.4, -0.2) is 50.9 Å². The lowest BCUT2D eigenvalue weighted by Crippen LogP contribution is -2.41. The van der Waals surface area contributed by atoms with Gasteiger partial charge >= 0.3 is 0 Å². The second-order valence-electron chi connectivity index (χ2n) is 6.60. The number of thioether (sulfide) groups is 1. The lowest BCUT2D eigenvalue weighted by molar-refractivity contribution is -0.120. The van der Waals surface area contributed by atoms with Crippen LogP contribution in [0.1, 0.15) is 5.56 Å². The van der Waals surface area contributed by atoms with Crippen LogP contribution in [0.15, 0.2) is 52.3 Å². The van der Waals surface area contributed by atoms with Gasteiger partial charge in [0.15, 0.2) is 0 Å². The smallest absolute Gasteiger partial charge is 0.244 e. The fraction of sp³-hybridized carbons (Fsp3) is 0.263. The third kappa shape index (κ3) is 4.21. The van der Waals surface area contributed by atoms with Gasteiger partial charge < -0.3 is 10.2 Å². The highest BCUT2D eigenvalue weighted by Gasteiger charge is 2.29. The summed E-state index contributed by atoms with van der Waals surface area (Å²) >= 11 is 1.33. The normalized spacial score (nSPS) is 14.1. The number of carbonyl (C=O) groups excluding carboxylic acids is 2. The van der Waals surface area contributed by atoms with Crippen molar-refractivity contribution in [1.82, 2.24) is 4.31 Å². The molecule has 0 aromatic heterocycles. The van der Waals surface area contributed by atoms with E-state index in [1.165, 1.54) is 42.9 Å². The number of nitrogens with zero attached hydrogens (tertiary/aromatic N) is 2. The molecule has 1 N–H and O–H groups in total. The van der Waals surface area contributed by atoms with Crippen LogP contribution in [0.3, 0.4) is 0 Å². The van der Waals surface area contributed by atoms with Gasteiger partial charge in [-0.15, -0.1) is 11.8 Å². The largest absolute Gasteiger partial charge is 0.325 e. The van der Waals surface area contributed by atoms with E-state index in [2.05, 4.69) is 5.32 Å². The summed E-state index contributed by atoms with van der Waals surface area (Å²) in [6.07, 6.45) is 0. The Labute approximate surface area is 168 Å². The maximum Gasteiger partial charge on any atom is 0.244 e. The van der Waals surface area contributed by atoms with Crippen molar-refractivity contribution in [1.29, 1.82) is 0 Å². The topological polar surface area (TPSA) is 86.8 Å². The Kier molecular flexibility index (Phi) is 5.78. The number of amides is 2. The van der Waals surface area contributed by atoms with Gasteiger partial charge in [0.1, 0.15) is 6.54 Å². The highest BCUT2D eigenvalue weighted by molar-refractivity contribution is 8.00. The zero-order valence-electron chi connectivity index (χ0n) is 15.8. The van der Waals surface area contributed by atoms with Crippen molar-refractivity contribution in [3.8, 4) is 0 Å². The minimum absolute atomic E-state index is 0.0793. The number of sulfonamides is 1. The molecule has 7 nitrogen and oxygen atoms in total. The Bertz CT molecular complexity index is 1040. The van der Waals surface area contributed by atoms with Gasteiger partial charge in [-0.25, -0.2) is 12.7 Å². The van der Waals surface area contributed by atoms with Crippen LogP contribution in [0, 0.1) is 6.92 Å². The first-order valence-electron chi connectivity index (χ1n) is 8.55. The molecule has 0 fully saturated rings. The summed E-state index contributed by atoms with van der Waals surface area (Å²) in [7, 11) is -0.755. The van der Waals surface area contributed by atoms with Gasteiger partial charge in [-0.2, -0.15) is 0 Å². The molecule has 0 aliphatic carbocycles. The highest BCUT2D eigenvalue weighted by atomic mass is 32.2. The first-order chi connectivity index (χ1) is 13.2. The van der Waals surface area contributed by atoms with E-state index in [0.717, 1.165) is 14.8 Å². The molecule has 0 atom stereocenters. The van der Waals surface area contributed by atoms with E-state index in [1.807, 2.05) is 25.1 Å². The van der Waals surface area contributed by atoms with Gasteiger partial charge in [-0.1, -0.05) is 12.1 Å². The Hall–Kier alpha value is -2.36. The minimum Gasteiger partial charge on any atom is -0.325 e. The molecule has 0 spiro atoms. The van der Waals surface area contributed by atoms with Crippen LogP contribution in [-0.2, 0) is 19.6 Å². The molecule has 2 amide bonds. The summed E-state index contributed by atoms with van der Waals surface area (Å²) in [6.45, 7) is 1.73. The first-order valence-corrected chi connectivity index (χ1v) is 11.0. The van der Waals surface area contributed by atoms with E-state index < -0.39 is 10.0 Å². The number of carbonyl (C=O) groups is 2. The van der Waals surface area contributed by atoms with Gasteiger partial charge in [0.25, 0.3) is 0 Å². The number of aryl methyl sites for hydroxylation is 1. The second kappa shape index (κ2) is 7.94. The predicted molar refractivity (Wildman–Crippen MR) is 110 cm³/mol. The van der Waals surface area contributed by atoms with E-state index in [0.29, 0.717) is 11.4 Å². The van der Waals surface area contributed by atoms with Crippen LogP contribution in [0.2, 0.25) is 0 Å². The van der Waals surface area contributed by atoms with Crippen LogP contribution in [0.25, 0.3) is 0 Å². The lowest BCUT2D eigenvalue weighted by Gasteiger charge is -2.29. The molecule has 1 heterocycles. The summed E-state index contributed by atoms with van der Waals surface area (Å²) in [4.78, 5) is 27.1. The zero-order valence-corrected chi connectivity index (χ0v) is 17.4. The van der Waals surface area contributed by atoms with Gasteiger partial charge in [-0.3, -0.25) is 9.59 Å². The average Bonchev–Trinajstić information content (AvgIpc) is 2.63. The summed E-state index contributed by atoms with van der Waals surface area (Å²) in [5.41, 5.74) is 2.09. The fourth-order valence-electron chi connectivity index (χ4n) is 2.79. The molecule has 3 rings (SSSR count). The summed E-state index contributed by atoms with van der Waals surface area (Å²) in [5.74, 6) is -0.390. The first kappa shape index (κ1) is 20.4. The summed E-state index contributed by atoms with van der Waals surface area (Å²) in [6, 6.07) is 12.0. The standard InChI is InChI=1S/C19H21N3O4S2/c1-13-5-4-6-14(9-13)20-18(23)11-22-16-10-15(28(25,26)21(2)3)7-8-17(16)27-12-19(22)24/h4-10H,11-12H2,1-3H3,(H,20,23). The molecule has 0 radical (unpaired) electrons. The Balaban J connectivity index is 1.88. The van der Waals surface area contributed by atoms with Gasteiger partial charge in [0.2, 0.25) is 21.8 Å². The van der Waals surface area contributed by atoms with E-state index in [9.17, 15) is 18.0 Å². The van der Waals surface area contributed by atoms with E-state index >= 15 is 0 Å². The summed E-state index contributed by atoms with van der Waals surface area (Å²) < 4.78 is 26.0. The quantitative estimate of drug-likeness (QED) is 0.804. The molecule has 0 unspecified atom stereocenters. The van der Waals surface area contributed by atoms with Crippen molar-refractivity contribution in [2.24, 2.45) is 0 Å². The number of rotatable bonds is 5. The number of nitrogens with one attached hydrogen (secondary N) is 1. The Morgan fingerprint density at radius 2 is 1.96 bits per heavy atom. The van der Waals surface area contributed by atoms with Crippen LogP contribution < -0.4 is 10.2 Å². The van der Waals surface area contributed by atoms with E-state index in [1.54, 1.807) is 12.1 Å². The third-order valence-corrected chi connectivity index (χ3v) is 7.11. The maximum atomic E-state index is 12.5. The van der Waals surface area contributed by atoms with Crippen molar-refractivity contribution >= 4 is 45.0 Å². The van der Waals surface area contributed by atoms with Gasteiger partial charge in [0.05, 0.1) is 16.3 Å². The molecule has 0 saturated carbocycles. The lowest BCUT2D eigenvalue weighted by atomic mass is 10.2. The highest BCUT2D eigenvalue weighted by Crippen LogP contribution is 2.37. The number of anilines is 2. The monoisotopic (exact) mass is 419 g/mol. The fourth-order valence-corrected chi connectivity index (χ4v) is 4.63. The van der Waals surface area contributed by atoms with Crippen molar-refractivity contribution in [2.45, 2.75) is 16.7 Å². The van der Waals surface area contributed by atoms with E-state index in [-0.39, 0.29) is 29.0 Å². The molecule has 9 heteroatoms. The van der Waals surface area contributed by atoms with Gasteiger partial charge in [0, 0.05) is 24.7 Å². The molecular formula is C19H21N3O4S2. The van der Waals surface area contributed by atoms with Crippen LogP contribution >= 0.6 is 11.8 Å². The molecule has 2 aromatic carbocycles. The molecule has 148 valence electrons. The van der Waals surface area contributed by atoms with Crippen molar-refractivity contribution in [3.63, 3.8) is 0 Å². The number of fused-ring (bicyclic) bond motifs is 1. The van der Waals surface area contributed by atoms with E-state index in [4.69, 9.17) is 0 Å². The molecule has 1 aliphatic rings. The molecule has 28 heavy (non-hydrogen) atoms. The number of benzene rings is 2. The zero-order chi connectivity index (χ0) is 20.5. The third-order valence-electron chi connectivity index (χ3n) is 4.26. The van der Waals surface area contributed by atoms with Crippen molar-refractivity contribution in [3.05, 3.63) is 48.0 Å². The molecule has 0 bridgehead atoms. The number of hydrogen-bond donors (Lipinski definition) is 1. The van der Waals surface area contributed by atoms with Crippen LogP contribution in [0.4, 0.5) is 11.4 Å². The molecule has 1 aliphatic heterocycles. The van der Waals surface area contributed by atoms with Gasteiger partial charge in [-0.05, 0) is 42.8 Å².